The van der Waals surface area contributed by atoms with Crippen molar-refractivity contribution in [1.29, 1.82) is 0 Å². The van der Waals surface area contributed by atoms with E-state index in [1.54, 1.807) is 0 Å². The maximum absolute atomic E-state index is 4.55. The van der Waals surface area contributed by atoms with Crippen LogP contribution in [0.1, 0.15) is 11.4 Å². The van der Waals surface area contributed by atoms with E-state index in [9.17, 15) is 0 Å². The first kappa shape index (κ1) is 8.93. The number of hydrogen-bond acceptors (Lipinski definition) is 4. The zero-order valence-corrected chi connectivity index (χ0v) is 7.21. The van der Waals surface area contributed by atoms with E-state index >= 15 is 0 Å². The predicted molar refractivity (Wildman–Crippen MR) is 45.8 cm³/mol. The second-order valence-corrected chi connectivity index (χ2v) is 2.54. The molecule has 0 saturated carbocycles. The van der Waals surface area contributed by atoms with Gasteiger partial charge in [0.2, 0.25) is 0 Å². The lowest BCUT2D eigenvalue weighted by atomic mass is 10.2. The summed E-state index contributed by atoms with van der Waals surface area (Å²) in [4.78, 5) is 0. The van der Waals surface area contributed by atoms with Gasteiger partial charge >= 0.3 is 0 Å². The third kappa shape index (κ3) is 2.47. The molecule has 1 aromatic rings. The van der Waals surface area contributed by atoms with E-state index in [0.717, 1.165) is 30.9 Å². The predicted octanol–water partition coefficient (Wildman–Crippen LogP) is 0.696. The van der Waals surface area contributed by atoms with Gasteiger partial charge in [-0.1, -0.05) is 16.4 Å². The van der Waals surface area contributed by atoms with E-state index in [4.69, 9.17) is 0 Å². The molecular formula is C8H13N3O. The lowest BCUT2D eigenvalue weighted by Gasteiger charge is -1.97. The summed E-state index contributed by atoms with van der Waals surface area (Å²) >= 11 is 0. The van der Waals surface area contributed by atoms with Gasteiger partial charge in [-0.15, -0.1) is 6.58 Å². The second kappa shape index (κ2) is 4.66. The molecule has 66 valence electrons. The van der Waals surface area contributed by atoms with Gasteiger partial charge in [-0.3, -0.25) is 0 Å². The van der Waals surface area contributed by atoms with Crippen LogP contribution in [0.25, 0.3) is 0 Å². The molecule has 0 spiro atoms. The molecule has 0 fully saturated rings. The van der Waals surface area contributed by atoms with Gasteiger partial charge in [0.15, 0.2) is 0 Å². The topological polar surface area (TPSA) is 51.0 Å². The van der Waals surface area contributed by atoms with Gasteiger partial charge in [0.05, 0.1) is 0 Å². The van der Waals surface area contributed by atoms with Crippen LogP contribution in [0.15, 0.2) is 17.3 Å². The van der Waals surface area contributed by atoms with Crippen molar-refractivity contribution in [1.82, 2.24) is 15.6 Å². The van der Waals surface area contributed by atoms with E-state index in [2.05, 4.69) is 26.8 Å². The van der Waals surface area contributed by atoms with Crippen molar-refractivity contribution in [2.45, 2.75) is 13.3 Å². The van der Waals surface area contributed by atoms with E-state index in [1.165, 1.54) is 0 Å². The molecule has 0 unspecified atom stereocenters. The molecule has 0 radical (unpaired) electrons. The first-order valence-electron chi connectivity index (χ1n) is 3.94. The van der Waals surface area contributed by atoms with Gasteiger partial charge in [-0.05, 0) is 6.92 Å². The first-order chi connectivity index (χ1) is 5.84. The number of aryl methyl sites for hydroxylation is 1. The van der Waals surface area contributed by atoms with Gasteiger partial charge in [0, 0.05) is 19.5 Å². The Bertz CT molecular complexity index is 244. The average molecular weight is 167 g/mol. The largest absolute Gasteiger partial charge is 0.313 e. The van der Waals surface area contributed by atoms with Crippen LogP contribution in [0.2, 0.25) is 0 Å². The molecule has 0 atom stereocenters. The zero-order valence-electron chi connectivity index (χ0n) is 7.21. The van der Waals surface area contributed by atoms with Crippen LogP contribution >= 0.6 is 0 Å². The fourth-order valence-electron chi connectivity index (χ4n) is 0.887. The monoisotopic (exact) mass is 167 g/mol. The van der Waals surface area contributed by atoms with Gasteiger partial charge in [-0.25, -0.2) is 4.63 Å². The van der Waals surface area contributed by atoms with Crippen molar-refractivity contribution in [2.24, 2.45) is 0 Å². The Hall–Kier alpha value is -1.16. The molecule has 1 aromatic heterocycles. The van der Waals surface area contributed by atoms with Crippen LogP contribution in [-0.2, 0) is 6.42 Å². The first-order valence-corrected chi connectivity index (χ1v) is 3.94. The summed E-state index contributed by atoms with van der Waals surface area (Å²) in [6.07, 6.45) is 2.68. The van der Waals surface area contributed by atoms with E-state index in [-0.39, 0.29) is 0 Å². The molecular weight excluding hydrogens is 154 g/mol. The molecule has 4 heteroatoms. The van der Waals surface area contributed by atoms with Crippen LogP contribution < -0.4 is 5.32 Å². The van der Waals surface area contributed by atoms with E-state index in [0.29, 0.717) is 0 Å². The SMILES string of the molecule is C=CCNCCc1nonc1C. The van der Waals surface area contributed by atoms with Crippen LogP contribution in [-0.4, -0.2) is 23.4 Å². The summed E-state index contributed by atoms with van der Waals surface area (Å²) in [6.45, 7) is 7.19. The Morgan fingerprint density at radius 3 is 3.00 bits per heavy atom. The minimum Gasteiger partial charge on any atom is -0.313 e. The average Bonchev–Trinajstić information content (AvgIpc) is 2.46. The van der Waals surface area contributed by atoms with Crippen molar-refractivity contribution in [2.75, 3.05) is 13.1 Å². The third-order valence-electron chi connectivity index (χ3n) is 1.57. The van der Waals surface area contributed by atoms with Gasteiger partial charge in [-0.2, -0.15) is 0 Å². The Balaban J connectivity index is 2.24. The smallest absolute Gasteiger partial charge is 0.109 e. The Morgan fingerprint density at radius 1 is 1.58 bits per heavy atom. The van der Waals surface area contributed by atoms with Crippen molar-refractivity contribution in [3.63, 3.8) is 0 Å². The summed E-state index contributed by atoms with van der Waals surface area (Å²) in [5.41, 5.74) is 1.79. The molecule has 1 N–H and O–H groups in total. The minimum absolute atomic E-state index is 0.824. The summed E-state index contributed by atoms with van der Waals surface area (Å²) in [5.74, 6) is 0. The number of nitrogens with one attached hydrogen (secondary N) is 1. The fraction of sp³-hybridized carbons (Fsp3) is 0.500. The molecule has 0 saturated heterocycles. The molecule has 0 aliphatic heterocycles. The van der Waals surface area contributed by atoms with Gasteiger partial charge in [0.25, 0.3) is 0 Å². The van der Waals surface area contributed by atoms with Crippen LogP contribution in [0.5, 0.6) is 0 Å². The summed E-state index contributed by atoms with van der Waals surface area (Å²) < 4.78 is 4.55. The highest BCUT2D eigenvalue weighted by molar-refractivity contribution is 5.04. The molecule has 12 heavy (non-hydrogen) atoms. The molecule has 1 heterocycles. The quantitative estimate of drug-likeness (QED) is 0.518. The summed E-state index contributed by atoms with van der Waals surface area (Å²) in [5, 5.41) is 10.6. The molecule has 0 aliphatic carbocycles. The molecule has 4 nitrogen and oxygen atoms in total. The maximum Gasteiger partial charge on any atom is 0.109 e. The molecule has 0 aliphatic rings. The van der Waals surface area contributed by atoms with Crippen molar-refractivity contribution >= 4 is 0 Å². The fourth-order valence-corrected chi connectivity index (χ4v) is 0.887. The van der Waals surface area contributed by atoms with Gasteiger partial charge < -0.3 is 5.32 Å². The third-order valence-corrected chi connectivity index (χ3v) is 1.57. The minimum atomic E-state index is 0.824. The number of nitrogens with zero attached hydrogens (tertiary/aromatic N) is 2. The van der Waals surface area contributed by atoms with Crippen molar-refractivity contribution in [3.05, 3.63) is 24.0 Å². The standard InChI is InChI=1S/C8H13N3O/c1-3-5-9-6-4-8-7(2)10-12-11-8/h3,9H,1,4-6H2,2H3. The second-order valence-electron chi connectivity index (χ2n) is 2.54. The molecule has 0 bridgehead atoms. The Labute approximate surface area is 71.6 Å². The van der Waals surface area contributed by atoms with Crippen LogP contribution in [0, 0.1) is 6.92 Å². The highest BCUT2D eigenvalue weighted by Crippen LogP contribution is 1.99. The Kier molecular flexibility index (Phi) is 3.47. The van der Waals surface area contributed by atoms with Crippen LogP contribution in [0.4, 0.5) is 0 Å². The molecule has 0 amide bonds. The lowest BCUT2D eigenvalue weighted by Crippen LogP contribution is -2.17. The number of aromatic nitrogens is 2. The molecule has 0 aromatic carbocycles. The molecule has 1 rings (SSSR count). The van der Waals surface area contributed by atoms with Crippen molar-refractivity contribution < 1.29 is 4.63 Å². The number of hydrogen-bond donors (Lipinski definition) is 1. The number of rotatable bonds is 5. The normalized spacial score (nSPS) is 10.1. The highest BCUT2D eigenvalue weighted by atomic mass is 16.6. The lowest BCUT2D eigenvalue weighted by molar-refractivity contribution is 0.301. The highest BCUT2D eigenvalue weighted by Gasteiger charge is 2.02. The maximum atomic E-state index is 4.55. The summed E-state index contributed by atoms with van der Waals surface area (Å²) in [7, 11) is 0. The van der Waals surface area contributed by atoms with Gasteiger partial charge in [0.1, 0.15) is 11.4 Å². The van der Waals surface area contributed by atoms with Crippen molar-refractivity contribution in [3.8, 4) is 0 Å². The zero-order chi connectivity index (χ0) is 8.81. The summed E-state index contributed by atoms with van der Waals surface area (Å²) in [6, 6.07) is 0. The van der Waals surface area contributed by atoms with E-state index in [1.807, 2.05) is 13.0 Å². The van der Waals surface area contributed by atoms with Crippen LogP contribution in [0.3, 0.4) is 0 Å². The Morgan fingerprint density at radius 2 is 2.42 bits per heavy atom. The van der Waals surface area contributed by atoms with E-state index < -0.39 is 0 Å².